The summed E-state index contributed by atoms with van der Waals surface area (Å²) in [7, 11) is 0. The number of rotatable bonds is 7. The van der Waals surface area contributed by atoms with Crippen LogP contribution < -0.4 is 10.1 Å². The number of hydrogen-bond acceptors (Lipinski definition) is 3. The zero-order valence-corrected chi connectivity index (χ0v) is 18.2. The van der Waals surface area contributed by atoms with E-state index in [4.69, 9.17) is 4.74 Å². The van der Waals surface area contributed by atoms with Gasteiger partial charge in [0, 0.05) is 13.1 Å². The SMILES string of the molecule is C[C@H](Oc1ccc(C(C)(C)C)cc1)C(=O)NCc1ccccc1CN1CCCC1. The average molecular weight is 395 g/mol. The molecule has 3 rings (SSSR count). The number of ether oxygens (including phenoxy) is 1. The number of likely N-dealkylation sites (tertiary alicyclic amines) is 1. The minimum absolute atomic E-state index is 0.0964. The smallest absolute Gasteiger partial charge is 0.261 e. The monoisotopic (exact) mass is 394 g/mol. The van der Waals surface area contributed by atoms with Crippen molar-refractivity contribution in [2.75, 3.05) is 13.1 Å². The van der Waals surface area contributed by atoms with Gasteiger partial charge >= 0.3 is 0 Å². The second-order valence-corrected chi connectivity index (χ2v) is 9.00. The molecule has 0 saturated carbocycles. The van der Waals surface area contributed by atoms with E-state index in [1.54, 1.807) is 6.92 Å². The Bertz CT molecular complexity index is 802. The molecule has 0 radical (unpaired) electrons. The highest BCUT2D eigenvalue weighted by atomic mass is 16.5. The quantitative estimate of drug-likeness (QED) is 0.742. The molecular weight excluding hydrogens is 360 g/mol. The van der Waals surface area contributed by atoms with Crippen LogP contribution in [-0.4, -0.2) is 30.0 Å². The van der Waals surface area contributed by atoms with Gasteiger partial charge in [0.25, 0.3) is 5.91 Å². The van der Waals surface area contributed by atoms with Gasteiger partial charge < -0.3 is 10.1 Å². The summed E-state index contributed by atoms with van der Waals surface area (Å²) in [5, 5.41) is 3.04. The molecule has 1 heterocycles. The Balaban J connectivity index is 1.54. The lowest BCUT2D eigenvalue weighted by molar-refractivity contribution is -0.127. The lowest BCUT2D eigenvalue weighted by Gasteiger charge is -2.20. The fourth-order valence-corrected chi connectivity index (χ4v) is 3.68. The van der Waals surface area contributed by atoms with Crippen LogP contribution in [0.25, 0.3) is 0 Å². The predicted molar refractivity (Wildman–Crippen MR) is 118 cm³/mol. The van der Waals surface area contributed by atoms with E-state index in [1.807, 2.05) is 18.2 Å². The summed E-state index contributed by atoms with van der Waals surface area (Å²) in [6.07, 6.45) is 2.02. The van der Waals surface area contributed by atoms with Gasteiger partial charge in [-0.2, -0.15) is 0 Å². The average Bonchev–Trinajstić information content (AvgIpc) is 3.20. The van der Waals surface area contributed by atoms with Crippen LogP contribution >= 0.6 is 0 Å². The van der Waals surface area contributed by atoms with Crippen molar-refractivity contribution in [1.82, 2.24) is 10.2 Å². The van der Waals surface area contributed by atoms with Crippen LogP contribution in [0.5, 0.6) is 5.75 Å². The Morgan fingerprint density at radius 1 is 1.03 bits per heavy atom. The highest BCUT2D eigenvalue weighted by Gasteiger charge is 2.18. The largest absolute Gasteiger partial charge is 0.481 e. The van der Waals surface area contributed by atoms with Gasteiger partial charge in [-0.15, -0.1) is 0 Å². The molecule has 2 aromatic rings. The first-order valence-corrected chi connectivity index (χ1v) is 10.7. The molecule has 0 spiro atoms. The molecule has 1 aliphatic rings. The number of nitrogens with one attached hydrogen (secondary N) is 1. The van der Waals surface area contributed by atoms with Gasteiger partial charge in [-0.1, -0.05) is 57.2 Å². The summed E-state index contributed by atoms with van der Waals surface area (Å²) in [6, 6.07) is 16.4. The highest BCUT2D eigenvalue weighted by molar-refractivity contribution is 5.80. The Hall–Kier alpha value is -2.33. The van der Waals surface area contributed by atoms with Gasteiger partial charge in [0.05, 0.1) is 0 Å². The summed E-state index contributed by atoms with van der Waals surface area (Å²) < 4.78 is 5.85. The fourth-order valence-electron chi connectivity index (χ4n) is 3.68. The summed E-state index contributed by atoms with van der Waals surface area (Å²) in [5.74, 6) is 0.621. The van der Waals surface area contributed by atoms with E-state index in [-0.39, 0.29) is 11.3 Å². The maximum atomic E-state index is 12.6. The van der Waals surface area contributed by atoms with Crippen molar-refractivity contribution in [3.8, 4) is 5.75 Å². The summed E-state index contributed by atoms with van der Waals surface area (Å²) in [5.41, 5.74) is 3.82. The minimum Gasteiger partial charge on any atom is -0.481 e. The second-order valence-electron chi connectivity index (χ2n) is 9.00. The maximum Gasteiger partial charge on any atom is 0.261 e. The molecule has 0 bridgehead atoms. The predicted octanol–water partition coefficient (Wildman–Crippen LogP) is 4.66. The summed E-state index contributed by atoms with van der Waals surface area (Å²) in [4.78, 5) is 15.0. The zero-order valence-electron chi connectivity index (χ0n) is 18.2. The Morgan fingerprint density at radius 3 is 2.28 bits per heavy atom. The van der Waals surface area contributed by atoms with Crippen molar-refractivity contribution < 1.29 is 9.53 Å². The van der Waals surface area contributed by atoms with Crippen LogP contribution in [0.15, 0.2) is 48.5 Å². The lowest BCUT2D eigenvalue weighted by Crippen LogP contribution is -2.36. The standard InChI is InChI=1S/C25H34N2O2/c1-19(29-23-13-11-22(12-14-23)25(2,3)4)24(28)26-17-20-9-5-6-10-21(20)18-27-15-7-8-16-27/h5-6,9-14,19H,7-8,15-18H2,1-4H3,(H,26,28)/t19-/m0/s1. The third-order valence-corrected chi connectivity index (χ3v) is 5.57. The Labute approximate surface area is 175 Å². The molecule has 0 unspecified atom stereocenters. The van der Waals surface area contributed by atoms with Crippen molar-refractivity contribution in [2.45, 2.75) is 65.1 Å². The van der Waals surface area contributed by atoms with Gasteiger partial charge in [-0.05, 0) is 67.1 Å². The number of nitrogens with zero attached hydrogens (tertiary/aromatic N) is 1. The van der Waals surface area contributed by atoms with Gasteiger partial charge in [0.1, 0.15) is 5.75 Å². The minimum atomic E-state index is -0.541. The molecule has 4 nitrogen and oxygen atoms in total. The third-order valence-electron chi connectivity index (χ3n) is 5.57. The molecule has 156 valence electrons. The topological polar surface area (TPSA) is 41.6 Å². The second kappa shape index (κ2) is 9.45. The number of benzene rings is 2. The van der Waals surface area contributed by atoms with Crippen LogP contribution in [0.3, 0.4) is 0 Å². The van der Waals surface area contributed by atoms with E-state index in [0.717, 1.165) is 12.3 Å². The van der Waals surface area contributed by atoms with E-state index in [9.17, 15) is 4.79 Å². The summed E-state index contributed by atoms with van der Waals surface area (Å²) >= 11 is 0. The number of amides is 1. The number of carbonyl (C=O) groups excluding carboxylic acids is 1. The number of carbonyl (C=O) groups is 1. The molecule has 0 aliphatic carbocycles. The molecule has 2 aromatic carbocycles. The van der Waals surface area contributed by atoms with Gasteiger partial charge in [-0.25, -0.2) is 0 Å². The van der Waals surface area contributed by atoms with Crippen LogP contribution in [0.1, 0.15) is 57.2 Å². The molecule has 4 heteroatoms. The first-order chi connectivity index (χ1) is 13.8. The van der Waals surface area contributed by atoms with Crippen LogP contribution in [0, 0.1) is 0 Å². The maximum absolute atomic E-state index is 12.6. The third kappa shape index (κ3) is 6.07. The van der Waals surface area contributed by atoms with Crippen molar-refractivity contribution in [3.63, 3.8) is 0 Å². The van der Waals surface area contributed by atoms with Crippen molar-refractivity contribution in [3.05, 3.63) is 65.2 Å². The molecule has 1 aliphatic heterocycles. The molecule has 1 fully saturated rings. The van der Waals surface area contributed by atoms with Crippen LogP contribution in [0.2, 0.25) is 0 Å². The van der Waals surface area contributed by atoms with E-state index < -0.39 is 6.10 Å². The van der Waals surface area contributed by atoms with Gasteiger partial charge in [-0.3, -0.25) is 9.69 Å². The van der Waals surface area contributed by atoms with Gasteiger partial charge in [0.2, 0.25) is 0 Å². The first-order valence-electron chi connectivity index (χ1n) is 10.7. The van der Waals surface area contributed by atoms with Gasteiger partial charge in [0.15, 0.2) is 6.10 Å². The molecule has 1 saturated heterocycles. The van der Waals surface area contributed by atoms with Crippen molar-refractivity contribution in [2.24, 2.45) is 0 Å². The highest BCUT2D eigenvalue weighted by Crippen LogP contribution is 2.24. The molecule has 1 N–H and O–H groups in total. The van der Waals surface area contributed by atoms with Crippen molar-refractivity contribution >= 4 is 5.91 Å². The van der Waals surface area contributed by atoms with E-state index in [2.05, 4.69) is 61.3 Å². The zero-order chi connectivity index (χ0) is 20.9. The van der Waals surface area contributed by atoms with Crippen LogP contribution in [-0.2, 0) is 23.3 Å². The Morgan fingerprint density at radius 2 is 1.66 bits per heavy atom. The normalized spacial score (nSPS) is 15.9. The lowest BCUT2D eigenvalue weighted by atomic mass is 9.87. The van der Waals surface area contributed by atoms with E-state index in [1.165, 1.54) is 42.6 Å². The molecule has 1 atom stereocenters. The van der Waals surface area contributed by atoms with E-state index in [0.29, 0.717) is 6.54 Å². The Kier molecular flexibility index (Phi) is 6.96. The summed E-state index contributed by atoms with van der Waals surface area (Å²) in [6.45, 7) is 12.2. The first kappa shape index (κ1) is 21.4. The van der Waals surface area contributed by atoms with Crippen molar-refractivity contribution in [1.29, 1.82) is 0 Å². The molecular formula is C25H34N2O2. The molecule has 1 amide bonds. The molecule has 29 heavy (non-hydrogen) atoms. The van der Waals surface area contributed by atoms with Crippen LogP contribution in [0.4, 0.5) is 0 Å². The molecule has 0 aromatic heterocycles. The number of hydrogen-bond donors (Lipinski definition) is 1. The fraction of sp³-hybridized carbons (Fsp3) is 0.480. The van der Waals surface area contributed by atoms with E-state index >= 15 is 0 Å².